The molecule has 0 nitrogen and oxygen atoms in total. The van der Waals surface area contributed by atoms with Crippen LogP contribution < -0.4 is 0 Å². The highest BCUT2D eigenvalue weighted by Gasteiger charge is 2.23. The second-order valence-electron chi connectivity index (χ2n) is 4.62. The molecule has 0 heterocycles. The number of thiocarbonyl (C=S) groups is 1. The largest absolute Gasteiger partial charge is 0.0787 e. The van der Waals surface area contributed by atoms with Gasteiger partial charge in [0.2, 0.25) is 0 Å². The van der Waals surface area contributed by atoms with Crippen LogP contribution in [0.5, 0.6) is 0 Å². The topological polar surface area (TPSA) is 0 Å². The molecule has 0 N–H and O–H groups in total. The first-order chi connectivity index (χ1) is 8.84. The van der Waals surface area contributed by atoms with Crippen LogP contribution in [-0.4, -0.2) is 4.86 Å². The Morgan fingerprint density at radius 2 is 1.11 bits per heavy atom. The van der Waals surface area contributed by atoms with Gasteiger partial charge in [-0.15, -0.1) is 0 Å². The van der Waals surface area contributed by atoms with Gasteiger partial charge in [0.15, 0.2) is 0 Å². The molecule has 0 saturated heterocycles. The molecule has 3 aromatic carbocycles. The van der Waals surface area contributed by atoms with Crippen LogP contribution in [0.2, 0.25) is 0 Å². The summed E-state index contributed by atoms with van der Waals surface area (Å²) < 4.78 is 0. The highest BCUT2D eigenvalue weighted by atomic mass is 32.1. The molecule has 0 fully saturated rings. The molecule has 1 heteroatoms. The quantitative estimate of drug-likeness (QED) is 0.409. The molecule has 0 radical (unpaired) electrons. The predicted octanol–water partition coefficient (Wildman–Crippen LogP) is 4.59. The Kier molecular flexibility index (Phi) is 1.94. The third-order valence-electron chi connectivity index (χ3n) is 3.59. The van der Waals surface area contributed by atoms with Crippen LogP contribution in [0.3, 0.4) is 0 Å². The van der Waals surface area contributed by atoms with E-state index in [1.807, 2.05) is 0 Å². The molecule has 0 aromatic heterocycles. The molecule has 0 amide bonds. The van der Waals surface area contributed by atoms with Crippen molar-refractivity contribution in [3.05, 3.63) is 71.8 Å². The van der Waals surface area contributed by atoms with Gasteiger partial charge in [-0.3, -0.25) is 0 Å². The first-order valence-corrected chi connectivity index (χ1v) is 6.42. The fourth-order valence-corrected chi connectivity index (χ4v) is 3.06. The maximum atomic E-state index is 5.59. The van der Waals surface area contributed by atoms with Gasteiger partial charge in [0.1, 0.15) is 0 Å². The Labute approximate surface area is 111 Å². The van der Waals surface area contributed by atoms with Gasteiger partial charge in [-0.1, -0.05) is 60.7 Å². The third kappa shape index (κ3) is 1.22. The smallest absolute Gasteiger partial charge is 0.0534 e. The van der Waals surface area contributed by atoms with E-state index in [-0.39, 0.29) is 0 Å². The summed E-state index contributed by atoms with van der Waals surface area (Å²) in [6, 6.07) is 21.3. The zero-order chi connectivity index (χ0) is 12.1. The van der Waals surface area contributed by atoms with Crippen LogP contribution in [-0.2, 0) is 0 Å². The minimum Gasteiger partial charge on any atom is -0.0787 e. The van der Waals surface area contributed by atoms with Crippen molar-refractivity contribution in [1.82, 2.24) is 0 Å². The second kappa shape index (κ2) is 3.50. The monoisotopic (exact) mass is 246 g/mol. The van der Waals surface area contributed by atoms with Gasteiger partial charge < -0.3 is 0 Å². The van der Waals surface area contributed by atoms with E-state index in [2.05, 4.69) is 60.7 Å². The van der Waals surface area contributed by atoms with E-state index < -0.39 is 0 Å². The first-order valence-electron chi connectivity index (χ1n) is 6.01. The van der Waals surface area contributed by atoms with E-state index >= 15 is 0 Å². The third-order valence-corrected chi connectivity index (χ3v) is 4.03. The summed E-state index contributed by atoms with van der Waals surface area (Å²) in [5, 5.41) is 2.53. The Balaban J connectivity index is 2.14. The van der Waals surface area contributed by atoms with Crippen LogP contribution in [0.25, 0.3) is 21.9 Å². The van der Waals surface area contributed by atoms with E-state index in [0.717, 1.165) is 4.86 Å². The van der Waals surface area contributed by atoms with Gasteiger partial charge in [0.05, 0.1) is 4.86 Å². The van der Waals surface area contributed by atoms with Gasteiger partial charge in [-0.25, -0.2) is 0 Å². The van der Waals surface area contributed by atoms with Crippen molar-refractivity contribution in [2.45, 2.75) is 0 Å². The van der Waals surface area contributed by atoms with Gasteiger partial charge in [-0.2, -0.15) is 0 Å². The molecule has 1 aliphatic carbocycles. The maximum absolute atomic E-state index is 5.59. The summed E-state index contributed by atoms with van der Waals surface area (Å²) in [7, 11) is 0. The molecular weight excluding hydrogens is 236 g/mol. The highest BCUT2D eigenvalue weighted by Crippen LogP contribution is 2.39. The van der Waals surface area contributed by atoms with Gasteiger partial charge >= 0.3 is 0 Å². The lowest BCUT2D eigenvalue weighted by molar-refractivity contribution is 1.67. The molecule has 0 unspecified atom stereocenters. The van der Waals surface area contributed by atoms with Crippen LogP contribution in [0.1, 0.15) is 11.1 Å². The lowest BCUT2D eigenvalue weighted by Gasteiger charge is -2.03. The van der Waals surface area contributed by atoms with E-state index in [9.17, 15) is 0 Å². The number of hydrogen-bond donors (Lipinski definition) is 0. The molecule has 4 rings (SSSR count). The summed E-state index contributed by atoms with van der Waals surface area (Å²) in [4.78, 5) is 0.978. The average molecular weight is 246 g/mol. The van der Waals surface area contributed by atoms with Crippen molar-refractivity contribution in [3.63, 3.8) is 0 Å². The van der Waals surface area contributed by atoms with Crippen molar-refractivity contribution >= 4 is 27.9 Å². The zero-order valence-electron chi connectivity index (χ0n) is 9.68. The van der Waals surface area contributed by atoms with E-state index in [1.54, 1.807) is 0 Å². The molecule has 0 aliphatic heterocycles. The Bertz CT molecular complexity index is 800. The molecular formula is C17H10S. The van der Waals surface area contributed by atoms with Gasteiger partial charge in [0.25, 0.3) is 0 Å². The van der Waals surface area contributed by atoms with Crippen LogP contribution >= 0.6 is 12.2 Å². The molecule has 84 valence electrons. The molecule has 0 spiro atoms. The number of hydrogen-bond acceptors (Lipinski definition) is 1. The number of rotatable bonds is 0. The van der Waals surface area contributed by atoms with Crippen LogP contribution in [0.15, 0.2) is 60.7 Å². The van der Waals surface area contributed by atoms with Gasteiger partial charge in [-0.05, 0) is 34.0 Å². The van der Waals surface area contributed by atoms with Crippen molar-refractivity contribution in [2.24, 2.45) is 0 Å². The minimum absolute atomic E-state index is 0.978. The van der Waals surface area contributed by atoms with Crippen LogP contribution in [0, 0.1) is 0 Å². The zero-order valence-corrected chi connectivity index (χ0v) is 10.5. The van der Waals surface area contributed by atoms with Crippen molar-refractivity contribution in [1.29, 1.82) is 0 Å². The molecule has 0 bridgehead atoms. The first kappa shape index (κ1) is 9.98. The summed E-state index contributed by atoms with van der Waals surface area (Å²) in [6.07, 6.45) is 0. The van der Waals surface area contributed by atoms with Crippen LogP contribution in [0.4, 0.5) is 0 Å². The summed E-state index contributed by atoms with van der Waals surface area (Å²) >= 11 is 5.59. The normalized spacial score (nSPS) is 12.6. The van der Waals surface area contributed by atoms with Crippen molar-refractivity contribution < 1.29 is 0 Å². The van der Waals surface area contributed by atoms with Crippen molar-refractivity contribution in [2.75, 3.05) is 0 Å². The van der Waals surface area contributed by atoms with E-state index in [0.29, 0.717) is 0 Å². The number of benzene rings is 3. The Morgan fingerprint density at radius 3 is 1.83 bits per heavy atom. The maximum Gasteiger partial charge on any atom is 0.0534 e. The fraction of sp³-hybridized carbons (Fsp3) is 0. The SMILES string of the molecule is S=C1c2ccccc2-c2cc3ccccc3cc21. The summed E-state index contributed by atoms with van der Waals surface area (Å²) in [5.74, 6) is 0. The Hall–Kier alpha value is -1.99. The minimum atomic E-state index is 0.978. The lowest BCUT2D eigenvalue weighted by atomic mass is 10.0. The Morgan fingerprint density at radius 1 is 0.556 bits per heavy atom. The average Bonchev–Trinajstić information content (AvgIpc) is 2.71. The highest BCUT2D eigenvalue weighted by molar-refractivity contribution is 7.81. The molecule has 0 atom stereocenters. The standard InChI is InChI=1S/C17H10S/c18-17-14-8-4-3-7-13(14)15-9-11-5-1-2-6-12(11)10-16(15)17/h1-10H. The lowest BCUT2D eigenvalue weighted by Crippen LogP contribution is -1.92. The van der Waals surface area contributed by atoms with Gasteiger partial charge in [0, 0.05) is 11.1 Å². The second-order valence-corrected chi connectivity index (χ2v) is 5.03. The van der Waals surface area contributed by atoms with E-state index in [4.69, 9.17) is 12.2 Å². The van der Waals surface area contributed by atoms with Crippen molar-refractivity contribution in [3.8, 4) is 11.1 Å². The van der Waals surface area contributed by atoms with E-state index in [1.165, 1.54) is 33.0 Å². The molecule has 18 heavy (non-hydrogen) atoms. The summed E-state index contributed by atoms with van der Waals surface area (Å²) in [5.41, 5.74) is 4.93. The summed E-state index contributed by atoms with van der Waals surface area (Å²) in [6.45, 7) is 0. The fourth-order valence-electron chi connectivity index (χ4n) is 2.71. The molecule has 3 aromatic rings. The predicted molar refractivity (Wildman–Crippen MR) is 80.2 cm³/mol. The number of fused-ring (bicyclic) bond motifs is 4. The molecule has 1 aliphatic rings. The molecule has 0 saturated carbocycles.